The molecule has 0 saturated heterocycles. The maximum Gasteiger partial charge on any atom is 2.00 e. The van der Waals surface area contributed by atoms with Crippen LogP contribution >= 0.6 is 0 Å². The second kappa shape index (κ2) is 20.0. The number of rotatable bonds is 12. The van der Waals surface area contributed by atoms with E-state index in [9.17, 15) is 0 Å². The average Bonchev–Trinajstić information content (AvgIpc) is 2.47. The van der Waals surface area contributed by atoms with Gasteiger partial charge < -0.3 is 32.3 Å². The van der Waals surface area contributed by atoms with Gasteiger partial charge in [-0.05, 0) is 70.5 Å². The van der Waals surface area contributed by atoms with Crippen molar-refractivity contribution in [2.75, 3.05) is 123 Å². The van der Waals surface area contributed by atoms with Crippen LogP contribution in [0.2, 0.25) is 0 Å². The van der Waals surface area contributed by atoms with E-state index in [0.717, 1.165) is 52.4 Å². The van der Waals surface area contributed by atoms with E-state index in [2.05, 4.69) is 99.9 Å². The van der Waals surface area contributed by atoms with Gasteiger partial charge in [-0.1, -0.05) is 0 Å². The molecular weight excluding hydrogens is 388 g/mol. The Labute approximate surface area is 199 Å². The van der Waals surface area contributed by atoms with Crippen molar-refractivity contribution in [1.29, 1.82) is 0 Å². The molecule has 0 atom stereocenters. The van der Waals surface area contributed by atoms with Crippen LogP contribution < -0.4 is 0 Å². The Bertz CT molecular complexity index is 222. The zero-order chi connectivity index (χ0) is 19.1. The van der Waals surface area contributed by atoms with Crippen molar-refractivity contribution >= 4 is 45.5 Å². The fourth-order valence-corrected chi connectivity index (χ4v) is 1.71. The second-order valence-corrected chi connectivity index (χ2v) is 7.82. The van der Waals surface area contributed by atoms with Crippen LogP contribution in [0.5, 0.6) is 0 Å². The quantitative estimate of drug-likeness (QED) is 0.397. The van der Waals surface area contributed by atoms with Crippen LogP contribution in [0.4, 0.5) is 0 Å². The standard InChI is InChI=1S/2C9H23N3.Sr.2H/c2*1-10(2)6-8-12(5)9-7-11(3)4;;;/h2*6-9H2,1-5H3;;;/q;;+2;2*-1. The van der Waals surface area contributed by atoms with E-state index >= 15 is 0 Å². The maximum atomic E-state index is 2.36. The van der Waals surface area contributed by atoms with E-state index in [1.807, 2.05) is 0 Å². The Kier molecular flexibility index (Phi) is 24.7. The molecule has 0 rings (SSSR count). The molecule has 0 amide bonds. The third-order valence-electron chi connectivity index (χ3n) is 3.72. The molecule has 0 N–H and O–H groups in total. The third-order valence-corrected chi connectivity index (χ3v) is 3.72. The minimum absolute atomic E-state index is 0. The molecule has 7 heteroatoms. The molecule has 0 fully saturated rings. The molecule has 0 radical (unpaired) electrons. The predicted octanol–water partition coefficient (Wildman–Crippen LogP) is -0.0730. The smallest absolute Gasteiger partial charge is 1.00 e. The second-order valence-electron chi connectivity index (χ2n) is 7.82. The van der Waals surface area contributed by atoms with Gasteiger partial charge in [0, 0.05) is 52.4 Å². The number of nitrogens with zero attached hydrogens (tertiary/aromatic N) is 6. The minimum atomic E-state index is 0. The molecule has 0 saturated carbocycles. The Morgan fingerprint density at radius 3 is 0.640 bits per heavy atom. The van der Waals surface area contributed by atoms with Gasteiger partial charge in [0.1, 0.15) is 0 Å². The molecule has 25 heavy (non-hydrogen) atoms. The zero-order valence-corrected chi connectivity index (χ0v) is 22.5. The molecule has 0 aliphatic heterocycles. The summed E-state index contributed by atoms with van der Waals surface area (Å²) in [5.74, 6) is 0. The van der Waals surface area contributed by atoms with Gasteiger partial charge in [-0.25, -0.2) is 0 Å². The SMILES string of the molecule is CN(C)CCN(C)CCN(C)C.CN(C)CCN(C)CCN(C)C.[H-].[H-].[Sr+2]. The molecule has 0 aliphatic rings. The van der Waals surface area contributed by atoms with Crippen molar-refractivity contribution in [3.63, 3.8) is 0 Å². The van der Waals surface area contributed by atoms with Gasteiger partial charge in [0.05, 0.1) is 0 Å². The Morgan fingerprint density at radius 2 is 0.520 bits per heavy atom. The van der Waals surface area contributed by atoms with Crippen molar-refractivity contribution in [2.45, 2.75) is 0 Å². The van der Waals surface area contributed by atoms with E-state index in [-0.39, 0.29) is 48.3 Å². The summed E-state index contributed by atoms with van der Waals surface area (Å²) in [6, 6.07) is 0. The topological polar surface area (TPSA) is 19.4 Å². The molecule has 0 aliphatic carbocycles. The first-order valence-corrected chi connectivity index (χ1v) is 9.00. The molecule has 0 aromatic rings. The number of likely N-dealkylation sites (N-methyl/N-ethyl adjacent to an activating group) is 6. The first-order chi connectivity index (χ1) is 11.0. The van der Waals surface area contributed by atoms with Crippen molar-refractivity contribution in [2.24, 2.45) is 0 Å². The summed E-state index contributed by atoms with van der Waals surface area (Å²) in [6.07, 6.45) is 0. The fraction of sp³-hybridized carbons (Fsp3) is 1.00. The van der Waals surface area contributed by atoms with Gasteiger partial charge in [0.25, 0.3) is 0 Å². The molecule has 0 aromatic carbocycles. The first-order valence-electron chi connectivity index (χ1n) is 9.00. The van der Waals surface area contributed by atoms with E-state index in [1.54, 1.807) is 0 Å². The summed E-state index contributed by atoms with van der Waals surface area (Å²) in [7, 11) is 21.2. The molecule has 0 unspecified atom stereocenters. The summed E-state index contributed by atoms with van der Waals surface area (Å²) in [6.45, 7) is 9.19. The monoisotopic (exact) mass is 436 g/mol. The summed E-state index contributed by atoms with van der Waals surface area (Å²) < 4.78 is 0. The van der Waals surface area contributed by atoms with Crippen LogP contribution in [0.15, 0.2) is 0 Å². The Balaban J connectivity index is -0.000000108. The molecule has 0 bridgehead atoms. The van der Waals surface area contributed by atoms with E-state index in [1.165, 1.54) is 0 Å². The summed E-state index contributed by atoms with van der Waals surface area (Å²) in [5, 5.41) is 0. The van der Waals surface area contributed by atoms with E-state index in [0.29, 0.717) is 0 Å². The van der Waals surface area contributed by atoms with Crippen molar-refractivity contribution in [3.05, 3.63) is 0 Å². The van der Waals surface area contributed by atoms with Gasteiger partial charge >= 0.3 is 45.5 Å². The van der Waals surface area contributed by atoms with Crippen molar-refractivity contribution in [3.8, 4) is 0 Å². The summed E-state index contributed by atoms with van der Waals surface area (Å²) >= 11 is 0. The molecule has 0 heterocycles. The summed E-state index contributed by atoms with van der Waals surface area (Å²) in [5.41, 5.74) is 0. The normalized spacial score (nSPS) is 11.5. The predicted molar refractivity (Wildman–Crippen MR) is 117 cm³/mol. The van der Waals surface area contributed by atoms with Gasteiger partial charge in [-0.3, -0.25) is 0 Å². The molecular formula is C18H48N6Sr. The van der Waals surface area contributed by atoms with Crippen molar-refractivity contribution < 1.29 is 2.85 Å². The summed E-state index contributed by atoms with van der Waals surface area (Å²) in [4.78, 5) is 13.6. The Morgan fingerprint density at radius 1 is 0.360 bits per heavy atom. The van der Waals surface area contributed by atoms with Crippen molar-refractivity contribution in [1.82, 2.24) is 29.4 Å². The van der Waals surface area contributed by atoms with Gasteiger partial charge in [-0.2, -0.15) is 0 Å². The first kappa shape index (κ1) is 31.0. The fourth-order valence-electron chi connectivity index (χ4n) is 1.71. The molecule has 0 spiro atoms. The van der Waals surface area contributed by atoms with Crippen LogP contribution in [-0.4, -0.2) is 198 Å². The van der Waals surface area contributed by atoms with Gasteiger partial charge in [0.15, 0.2) is 0 Å². The van der Waals surface area contributed by atoms with E-state index in [4.69, 9.17) is 0 Å². The van der Waals surface area contributed by atoms with E-state index < -0.39 is 0 Å². The number of hydrogen-bond donors (Lipinski definition) is 0. The van der Waals surface area contributed by atoms with Gasteiger partial charge in [0.2, 0.25) is 0 Å². The van der Waals surface area contributed by atoms with Gasteiger partial charge in [-0.15, -0.1) is 0 Å². The zero-order valence-electron chi connectivity index (χ0n) is 21.0. The third kappa shape index (κ3) is 30.2. The molecule has 0 aromatic heterocycles. The average molecular weight is 436 g/mol. The van der Waals surface area contributed by atoms with Crippen LogP contribution in [0, 0.1) is 0 Å². The van der Waals surface area contributed by atoms with Crippen LogP contribution in [0.25, 0.3) is 0 Å². The van der Waals surface area contributed by atoms with Crippen LogP contribution in [0.3, 0.4) is 0 Å². The maximum absolute atomic E-state index is 2.36. The minimum Gasteiger partial charge on any atom is -1.00 e. The molecule has 152 valence electrons. The molecule has 6 nitrogen and oxygen atoms in total. The van der Waals surface area contributed by atoms with Crippen LogP contribution in [0.1, 0.15) is 2.85 Å². The number of hydrogen-bond acceptors (Lipinski definition) is 6. The largest absolute Gasteiger partial charge is 2.00 e. The Hall–Kier alpha value is 1.24. The van der Waals surface area contributed by atoms with Crippen LogP contribution in [-0.2, 0) is 0 Å².